The first-order chi connectivity index (χ1) is 2.91. The summed E-state index contributed by atoms with van der Waals surface area (Å²) in [7, 11) is 0. The lowest BCUT2D eigenvalue weighted by Gasteiger charge is -1.86. The average Bonchev–Trinajstić information content (AvgIpc) is 1.61. The lowest BCUT2D eigenvalue weighted by atomic mass is 10.4. The van der Waals surface area contributed by atoms with Crippen molar-refractivity contribution >= 4 is 29.2 Å². The van der Waals surface area contributed by atoms with Gasteiger partial charge in [-0.1, -0.05) is 13.3 Å². The normalized spacial score (nSPS) is 7.71. The third-order valence-corrected chi connectivity index (χ3v) is 0.729. The van der Waals surface area contributed by atoms with Gasteiger partial charge in [0.1, 0.15) is 0 Å². The van der Waals surface area contributed by atoms with E-state index in [1.165, 1.54) is 0 Å². The Hall–Kier alpha value is 0.782. The summed E-state index contributed by atoms with van der Waals surface area (Å²) < 4.78 is 4.25. The van der Waals surface area contributed by atoms with Crippen LogP contribution in [0.1, 0.15) is 19.8 Å². The Labute approximate surface area is 60.3 Å². The second-order valence-corrected chi connectivity index (χ2v) is 1.39. The van der Waals surface area contributed by atoms with Crippen molar-refractivity contribution in [2.75, 3.05) is 6.61 Å². The standard InChI is InChI=1S/C4H9ClO.Al.3H/c1-2-3-4-6-5;;;;/h2-4H2,1H3;;;;. The van der Waals surface area contributed by atoms with E-state index in [1.54, 1.807) is 0 Å². The largest absolute Gasteiger partial charge is 0.279 e. The van der Waals surface area contributed by atoms with Gasteiger partial charge in [-0.05, 0) is 6.42 Å². The minimum absolute atomic E-state index is 0. The molecule has 0 bridgehead atoms. The molecule has 0 heterocycles. The van der Waals surface area contributed by atoms with E-state index in [1.807, 2.05) is 0 Å². The van der Waals surface area contributed by atoms with Gasteiger partial charge < -0.3 is 0 Å². The quantitative estimate of drug-likeness (QED) is 0.414. The summed E-state index contributed by atoms with van der Waals surface area (Å²) >= 11 is 4.88. The summed E-state index contributed by atoms with van der Waals surface area (Å²) in [5.41, 5.74) is 0. The van der Waals surface area contributed by atoms with Gasteiger partial charge in [-0.15, -0.1) is 0 Å². The molecule has 0 fully saturated rings. The van der Waals surface area contributed by atoms with Gasteiger partial charge in [0.05, 0.1) is 18.5 Å². The van der Waals surface area contributed by atoms with Crippen molar-refractivity contribution in [3.63, 3.8) is 0 Å². The summed E-state index contributed by atoms with van der Waals surface area (Å²) in [5, 5.41) is 0. The molecule has 0 aromatic heterocycles. The highest BCUT2D eigenvalue weighted by molar-refractivity contribution is 6.07. The lowest BCUT2D eigenvalue weighted by Crippen LogP contribution is -1.78. The van der Waals surface area contributed by atoms with E-state index in [0.717, 1.165) is 12.8 Å². The summed E-state index contributed by atoms with van der Waals surface area (Å²) in [6.45, 7) is 2.77. The molecular formula is C4H12AlClO. The van der Waals surface area contributed by atoms with E-state index >= 15 is 0 Å². The van der Waals surface area contributed by atoms with Crippen LogP contribution in [0.4, 0.5) is 0 Å². The maximum atomic E-state index is 4.88. The Balaban J connectivity index is 0. The second kappa shape index (κ2) is 9.92. The molecule has 0 saturated carbocycles. The van der Waals surface area contributed by atoms with Crippen LogP contribution in [0.5, 0.6) is 0 Å². The van der Waals surface area contributed by atoms with Gasteiger partial charge in [0.2, 0.25) is 0 Å². The van der Waals surface area contributed by atoms with E-state index in [0.29, 0.717) is 6.61 Å². The molecule has 0 unspecified atom stereocenters. The number of hydrogen-bond donors (Lipinski definition) is 0. The highest BCUT2D eigenvalue weighted by Gasteiger charge is 1.76. The topological polar surface area (TPSA) is 9.23 Å². The summed E-state index contributed by atoms with van der Waals surface area (Å²) in [4.78, 5) is 0. The van der Waals surface area contributed by atoms with Gasteiger partial charge in [-0.2, -0.15) is 0 Å². The van der Waals surface area contributed by atoms with Crippen LogP contribution in [-0.4, -0.2) is 24.0 Å². The Morgan fingerprint density at radius 1 is 1.57 bits per heavy atom. The number of hydrogen-bond acceptors (Lipinski definition) is 1. The van der Waals surface area contributed by atoms with Gasteiger partial charge in [-0.25, -0.2) is 0 Å². The molecule has 1 nitrogen and oxygen atoms in total. The Morgan fingerprint density at radius 3 is 2.29 bits per heavy atom. The van der Waals surface area contributed by atoms with Crippen molar-refractivity contribution in [1.29, 1.82) is 0 Å². The minimum Gasteiger partial charge on any atom is -0.279 e. The van der Waals surface area contributed by atoms with Crippen LogP contribution < -0.4 is 0 Å². The lowest BCUT2D eigenvalue weighted by molar-refractivity contribution is 0.341. The highest BCUT2D eigenvalue weighted by atomic mass is 35.5. The van der Waals surface area contributed by atoms with Crippen LogP contribution in [0.25, 0.3) is 0 Å². The molecule has 0 aliphatic rings. The molecule has 0 spiro atoms. The van der Waals surface area contributed by atoms with E-state index in [-0.39, 0.29) is 17.4 Å². The Bertz CT molecular complexity index is 23.7. The van der Waals surface area contributed by atoms with E-state index in [9.17, 15) is 0 Å². The zero-order valence-corrected chi connectivity index (χ0v) is 4.66. The number of halogens is 1. The van der Waals surface area contributed by atoms with Gasteiger partial charge >= 0.3 is 0 Å². The fourth-order valence-corrected chi connectivity index (χ4v) is 0.308. The first-order valence-corrected chi connectivity index (χ1v) is 2.46. The molecule has 0 aromatic rings. The predicted octanol–water partition coefficient (Wildman–Crippen LogP) is 0.773. The maximum Gasteiger partial charge on any atom is 0.187 e. The number of unbranched alkanes of at least 4 members (excludes halogenated alkanes) is 1. The summed E-state index contributed by atoms with van der Waals surface area (Å²) in [5.74, 6) is 0. The molecule has 0 aromatic carbocycles. The van der Waals surface area contributed by atoms with E-state index < -0.39 is 0 Å². The highest BCUT2D eigenvalue weighted by Crippen LogP contribution is 1.88. The third-order valence-electron chi connectivity index (χ3n) is 0.575. The fraction of sp³-hybridized carbons (Fsp3) is 1.00. The molecule has 7 heavy (non-hydrogen) atoms. The zero-order valence-electron chi connectivity index (χ0n) is 3.91. The molecule has 0 aliphatic heterocycles. The van der Waals surface area contributed by atoms with Crippen molar-refractivity contribution in [2.24, 2.45) is 0 Å². The van der Waals surface area contributed by atoms with Gasteiger partial charge in [0.25, 0.3) is 0 Å². The monoisotopic (exact) mass is 138 g/mol. The van der Waals surface area contributed by atoms with Crippen LogP contribution >= 0.6 is 11.9 Å². The van der Waals surface area contributed by atoms with Crippen molar-refractivity contribution in [1.82, 2.24) is 0 Å². The second-order valence-electron chi connectivity index (χ2n) is 1.17. The van der Waals surface area contributed by atoms with E-state index in [4.69, 9.17) is 11.9 Å². The van der Waals surface area contributed by atoms with Crippen LogP contribution in [0, 0.1) is 0 Å². The van der Waals surface area contributed by atoms with Gasteiger partial charge in [-0.3, -0.25) is 4.29 Å². The first kappa shape index (κ1) is 10.7. The van der Waals surface area contributed by atoms with E-state index in [2.05, 4.69) is 11.2 Å². The molecule has 0 radical (unpaired) electrons. The molecule has 3 heteroatoms. The predicted molar refractivity (Wildman–Crippen MR) is 36.7 cm³/mol. The minimum atomic E-state index is 0. The zero-order chi connectivity index (χ0) is 4.83. The first-order valence-electron chi connectivity index (χ1n) is 2.15. The molecule has 0 aliphatic carbocycles. The fourth-order valence-electron chi connectivity index (χ4n) is 0.199. The van der Waals surface area contributed by atoms with Gasteiger partial charge in [0.15, 0.2) is 17.4 Å². The molecular weight excluding hydrogens is 126 g/mol. The van der Waals surface area contributed by atoms with Crippen LogP contribution in [0.3, 0.4) is 0 Å². The van der Waals surface area contributed by atoms with Gasteiger partial charge in [0, 0.05) is 0 Å². The molecule has 0 atom stereocenters. The van der Waals surface area contributed by atoms with Crippen molar-refractivity contribution in [3.8, 4) is 0 Å². The van der Waals surface area contributed by atoms with Crippen LogP contribution in [0.15, 0.2) is 0 Å². The Kier molecular flexibility index (Phi) is 15.2. The molecule has 0 amide bonds. The maximum absolute atomic E-state index is 4.88. The molecule has 0 saturated heterocycles. The third kappa shape index (κ3) is 10.8. The molecule has 44 valence electrons. The molecule has 0 N–H and O–H groups in total. The summed E-state index contributed by atoms with van der Waals surface area (Å²) in [6.07, 6.45) is 2.20. The average molecular weight is 139 g/mol. The van der Waals surface area contributed by atoms with Crippen LogP contribution in [0.2, 0.25) is 0 Å². The smallest absolute Gasteiger partial charge is 0.187 e. The Morgan fingerprint density at radius 2 is 2.14 bits per heavy atom. The van der Waals surface area contributed by atoms with Crippen LogP contribution in [-0.2, 0) is 4.29 Å². The SMILES string of the molecule is CCCCOCl.[AlH3]. The molecule has 0 rings (SSSR count). The van der Waals surface area contributed by atoms with Crippen molar-refractivity contribution < 1.29 is 4.29 Å². The van der Waals surface area contributed by atoms with Crippen molar-refractivity contribution in [2.45, 2.75) is 19.8 Å². The van der Waals surface area contributed by atoms with Crippen molar-refractivity contribution in [3.05, 3.63) is 0 Å². The summed E-state index contributed by atoms with van der Waals surface area (Å²) in [6, 6.07) is 0. The number of rotatable bonds is 3.